The van der Waals surface area contributed by atoms with Gasteiger partial charge in [0.2, 0.25) is 0 Å². The number of aliphatic hydroxyl groups is 1. The molecule has 5 nitrogen and oxygen atoms in total. The molecule has 1 aliphatic heterocycles. The summed E-state index contributed by atoms with van der Waals surface area (Å²) in [6.45, 7) is 9.41. The minimum atomic E-state index is -0.177. The predicted octanol–water partition coefficient (Wildman–Crippen LogP) is 2.02. The molecule has 3 rings (SSSR count). The first-order valence-corrected chi connectivity index (χ1v) is 7.99. The van der Waals surface area contributed by atoms with Crippen molar-refractivity contribution < 1.29 is 24.2 Å². The minimum absolute atomic E-state index is 0.00757. The van der Waals surface area contributed by atoms with Gasteiger partial charge in [-0.2, -0.15) is 0 Å². The zero-order chi connectivity index (χ0) is 16.7. The van der Waals surface area contributed by atoms with Gasteiger partial charge in [-0.3, -0.25) is 9.59 Å². The fraction of sp³-hybridized carbons (Fsp3) is 0.882. The molecule has 0 amide bonds. The van der Waals surface area contributed by atoms with Crippen molar-refractivity contribution >= 4 is 11.9 Å². The van der Waals surface area contributed by atoms with Gasteiger partial charge in [0.15, 0.2) is 0 Å². The van der Waals surface area contributed by atoms with Gasteiger partial charge in [-0.05, 0) is 28.6 Å². The second kappa shape index (κ2) is 5.84. The van der Waals surface area contributed by atoms with Crippen molar-refractivity contribution in [2.24, 2.45) is 34.5 Å². The van der Waals surface area contributed by atoms with Crippen LogP contribution >= 0.6 is 0 Å². The molecule has 5 heteroatoms. The van der Waals surface area contributed by atoms with E-state index in [1.165, 1.54) is 7.11 Å². The molecule has 0 bridgehead atoms. The van der Waals surface area contributed by atoms with Crippen LogP contribution < -0.4 is 0 Å². The van der Waals surface area contributed by atoms with Crippen LogP contribution in [-0.4, -0.2) is 37.4 Å². The van der Waals surface area contributed by atoms with E-state index < -0.39 is 0 Å². The molecule has 3 fully saturated rings. The first-order valence-electron chi connectivity index (χ1n) is 7.99. The van der Waals surface area contributed by atoms with E-state index in [9.17, 15) is 9.59 Å². The summed E-state index contributed by atoms with van der Waals surface area (Å²) < 4.78 is 9.50. The van der Waals surface area contributed by atoms with Gasteiger partial charge in [0.1, 0.15) is 0 Å². The van der Waals surface area contributed by atoms with Crippen LogP contribution in [0.25, 0.3) is 0 Å². The summed E-state index contributed by atoms with van der Waals surface area (Å²) >= 11 is 0. The van der Waals surface area contributed by atoms with E-state index in [-0.39, 0.29) is 29.9 Å². The number of rotatable bonds is 3. The summed E-state index contributed by atoms with van der Waals surface area (Å²) in [4.78, 5) is 21.7. The topological polar surface area (TPSA) is 72.8 Å². The van der Waals surface area contributed by atoms with E-state index in [2.05, 4.69) is 32.4 Å². The monoisotopic (exact) mass is 312 g/mol. The average Bonchev–Trinajstić information content (AvgIpc) is 3.20. The zero-order valence-corrected chi connectivity index (χ0v) is 14.2. The SMILES string of the molecule is CC1(C)C2COC(=O)C[C@H]21.COC(=O)C[C@@H]1C(CO)C1(C)C. The molecular formula is C17H28O5. The second-order valence-corrected chi connectivity index (χ2v) is 7.92. The highest BCUT2D eigenvalue weighted by Gasteiger charge is 2.60. The lowest BCUT2D eigenvalue weighted by Crippen LogP contribution is -2.14. The van der Waals surface area contributed by atoms with Gasteiger partial charge in [0.05, 0.1) is 13.7 Å². The highest BCUT2D eigenvalue weighted by molar-refractivity contribution is 5.71. The number of aliphatic hydroxyl groups excluding tert-OH is 1. The number of ether oxygens (including phenoxy) is 2. The Bertz CT molecular complexity index is 454. The molecule has 0 radical (unpaired) electrons. The number of esters is 2. The van der Waals surface area contributed by atoms with Crippen molar-refractivity contribution in [2.45, 2.75) is 40.5 Å². The molecule has 22 heavy (non-hydrogen) atoms. The van der Waals surface area contributed by atoms with Crippen LogP contribution in [0, 0.1) is 34.5 Å². The smallest absolute Gasteiger partial charge is 0.306 e. The molecule has 2 unspecified atom stereocenters. The summed E-state index contributed by atoms with van der Waals surface area (Å²) in [6, 6.07) is 0. The second-order valence-electron chi connectivity index (χ2n) is 7.92. The van der Waals surface area contributed by atoms with Gasteiger partial charge in [-0.15, -0.1) is 0 Å². The van der Waals surface area contributed by atoms with Crippen LogP contribution in [0.15, 0.2) is 0 Å². The highest BCUT2D eigenvalue weighted by Crippen LogP contribution is 2.61. The van der Waals surface area contributed by atoms with Crippen molar-refractivity contribution in [2.75, 3.05) is 20.3 Å². The van der Waals surface area contributed by atoms with E-state index >= 15 is 0 Å². The lowest BCUT2D eigenvalue weighted by Gasteiger charge is -2.07. The Morgan fingerprint density at radius 1 is 1.23 bits per heavy atom. The summed E-state index contributed by atoms with van der Waals surface area (Å²) in [5.41, 5.74) is 0.495. The molecule has 2 aliphatic carbocycles. The Balaban J connectivity index is 0.000000162. The van der Waals surface area contributed by atoms with Crippen LogP contribution in [0.5, 0.6) is 0 Å². The molecule has 0 aromatic carbocycles. The van der Waals surface area contributed by atoms with E-state index in [0.717, 1.165) is 0 Å². The van der Waals surface area contributed by atoms with Crippen molar-refractivity contribution in [3.63, 3.8) is 0 Å². The number of carbonyl (C=O) groups is 2. The average molecular weight is 312 g/mol. The molecule has 4 atom stereocenters. The normalized spacial score (nSPS) is 36.2. The molecular weight excluding hydrogens is 284 g/mol. The van der Waals surface area contributed by atoms with Crippen molar-refractivity contribution in [1.82, 2.24) is 0 Å². The third kappa shape index (κ3) is 3.14. The number of cyclic esters (lactones) is 1. The zero-order valence-electron chi connectivity index (χ0n) is 14.2. The summed E-state index contributed by atoms with van der Waals surface area (Å²) in [6.07, 6.45) is 1.09. The predicted molar refractivity (Wildman–Crippen MR) is 80.8 cm³/mol. The molecule has 3 aliphatic rings. The van der Waals surface area contributed by atoms with Gasteiger partial charge >= 0.3 is 11.9 Å². The first-order chi connectivity index (χ1) is 10.2. The third-order valence-electron chi connectivity index (χ3n) is 6.20. The Morgan fingerprint density at radius 3 is 2.27 bits per heavy atom. The number of fused-ring (bicyclic) bond motifs is 1. The standard InChI is InChI=1S/C9H16O3.C8H12O2/c1-9(2)6(7(9)5-10)4-8(11)12-3;1-8(2)5-3-7(9)10-4-6(5)8/h6-7,10H,4-5H2,1-3H3;5-6H,3-4H2,1-2H3/t6-,7?;5-,6?/m11/s1. The third-order valence-corrected chi connectivity index (χ3v) is 6.20. The van der Waals surface area contributed by atoms with Crippen LogP contribution in [-0.2, 0) is 19.1 Å². The number of hydrogen-bond acceptors (Lipinski definition) is 5. The molecule has 2 saturated carbocycles. The molecule has 0 spiro atoms. The number of carbonyl (C=O) groups excluding carboxylic acids is 2. The van der Waals surface area contributed by atoms with Gasteiger partial charge in [-0.25, -0.2) is 0 Å². The highest BCUT2D eigenvalue weighted by atomic mass is 16.5. The van der Waals surface area contributed by atoms with Crippen LogP contribution in [0.1, 0.15) is 40.5 Å². The summed E-state index contributed by atoms with van der Waals surface area (Å²) in [5.74, 6) is 1.67. The van der Waals surface area contributed by atoms with Crippen LogP contribution in [0.3, 0.4) is 0 Å². The molecule has 126 valence electrons. The van der Waals surface area contributed by atoms with Crippen molar-refractivity contribution in [3.05, 3.63) is 0 Å². The van der Waals surface area contributed by atoms with E-state index in [0.29, 0.717) is 42.6 Å². The fourth-order valence-electron chi connectivity index (χ4n) is 3.90. The largest absolute Gasteiger partial charge is 0.469 e. The maximum Gasteiger partial charge on any atom is 0.306 e. The summed E-state index contributed by atoms with van der Waals surface area (Å²) in [5, 5.41) is 8.95. The fourth-order valence-corrected chi connectivity index (χ4v) is 3.90. The lowest BCUT2D eigenvalue weighted by molar-refractivity contribution is -0.147. The molecule has 0 aromatic rings. The Labute approximate surface area is 132 Å². The first kappa shape index (κ1) is 17.3. The Kier molecular flexibility index (Phi) is 4.58. The Morgan fingerprint density at radius 2 is 1.86 bits per heavy atom. The maximum absolute atomic E-state index is 10.9. The van der Waals surface area contributed by atoms with Crippen LogP contribution in [0.4, 0.5) is 0 Å². The van der Waals surface area contributed by atoms with Gasteiger partial charge in [0.25, 0.3) is 0 Å². The quantitative estimate of drug-likeness (QED) is 0.807. The minimum Gasteiger partial charge on any atom is -0.469 e. The molecule has 1 saturated heterocycles. The number of methoxy groups -OCH3 is 1. The van der Waals surface area contributed by atoms with Crippen molar-refractivity contribution in [3.8, 4) is 0 Å². The summed E-state index contributed by atoms with van der Waals surface area (Å²) in [7, 11) is 1.39. The van der Waals surface area contributed by atoms with Gasteiger partial charge < -0.3 is 14.6 Å². The van der Waals surface area contributed by atoms with Gasteiger partial charge in [0, 0.05) is 25.4 Å². The van der Waals surface area contributed by atoms with Crippen molar-refractivity contribution in [1.29, 1.82) is 0 Å². The Hall–Kier alpha value is -1.10. The number of hydrogen-bond donors (Lipinski definition) is 1. The van der Waals surface area contributed by atoms with E-state index in [1.807, 2.05) is 0 Å². The maximum atomic E-state index is 10.9. The molecule has 1 heterocycles. The van der Waals surface area contributed by atoms with Gasteiger partial charge in [-0.1, -0.05) is 27.7 Å². The molecule has 0 aromatic heterocycles. The van der Waals surface area contributed by atoms with Crippen LogP contribution in [0.2, 0.25) is 0 Å². The van der Waals surface area contributed by atoms with E-state index in [1.54, 1.807) is 0 Å². The van der Waals surface area contributed by atoms with E-state index in [4.69, 9.17) is 9.84 Å². The lowest BCUT2D eigenvalue weighted by atomic mass is 10.1. The molecule has 1 N–H and O–H groups in total.